The average molecular weight is 398 g/mol. The Hall–Kier alpha value is -2.58. The molecule has 1 heterocycles. The number of carbonyl (C=O) groups is 1. The van der Waals surface area contributed by atoms with E-state index in [2.05, 4.69) is 9.73 Å². The second-order valence-corrected chi connectivity index (χ2v) is 7.43. The van der Waals surface area contributed by atoms with E-state index in [9.17, 15) is 13.6 Å². The van der Waals surface area contributed by atoms with Crippen LogP contribution in [0.1, 0.15) is 26.3 Å². The van der Waals surface area contributed by atoms with E-state index >= 15 is 0 Å². The molecule has 156 valence electrons. The molecular formula is C19H28F2N4O3. The Bertz CT molecular complexity index is 684. The van der Waals surface area contributed by atoms with Crippen molar-refractivity contribution in [2.45, 2.75) is 39.4 Å². The zero-order valence-electron chi connectivity index (χ0n) is 16.5. The van der Waals surface area contributed by atoms with Crippen molar-refractivity contribution in [2.24, 2.45) is 10.7 Å². The maximum atomic E-state index is 12.5. The largest absolute Gasteiger partial charge is 0.444 e. The predicted octanol–water partition coefficient (Wildman–Crippen LogP) is 2.70. The van der Waals surface area contributed by atoms with E-state index < -0.39 is 12.2 Å². The molecule has 1 aromatic carbocycles. The van der Waals surface area contributed by atoms with Crippen molar-refractivity contribution >= 4 is 12.1 Å². The molecule has 2 N–H and O–H groups in total. The number of nitrogens with two attached hydrogens (primary N) is 1. The molecule has 1 fully saturated rings. The zero-order chi connectivity index (χ0) is 20.7. The third kappa shape index (κ3) is 6.86. The second-order valence-electron chi connectivity index (χ2n) is 7.43. The van der Waals surface area contributed by atoms with Gasteiger partial charge in [0.25, 0.3) is 0 Å². The van der Waals surface area contributed by atoms with Crippen LogP contribution in [0.2, 0.25) is 0 Å². The number of nitrogens with zero attached hydrogens (tertiary/aromatic N) is 3. The van der Waals surface area contributed by atoms with Crippen LogP contribution in [-0.4, -0.2) is 66.8 Å². The van der Waals surface area contributed by atoms with Crippen LogP contribution in [-0.2, 0) is 11.2 Å². The number of halogens is 2. The second kappa shape index (κ2) is 9.57. The fourth-order valence-corrected chi connectivity index (χ4v) is 2.76. The van der Waals surface area contributed by atoms with Gasteiger partial charge in [0.15, 0.2) is 5.96 Å². The van der Waals surface area contributed by atoms with Gasteiger partial charge in [-0.05, 0) is 38.8 Å². The SMILES string of the molecule is CC(C)(C)OC(=O)N1CCN(C(N)=NCCc2ccccc2OC(F)F)CC1. The molecule has 2 rings (SSSR count). The lowest BCUT2D eigenvalue weighted by atomic mass is 10.1. The van der Waals surface area contributed by atoms with Gasteiger partial charge < -0.3 is 25.0 Å². The summed E-state index contributed by atoms with van der Waals surface area (Å²) in [5.41, 5.74) is 6.16. The molecule has 0 aliphatic carbocycles. The number of guanidine groups is 1. The summed E-state index contributed by atoms with van der Waals surface area (Å²) in [5.74, 6) is 0.522. The normalized spacial score (nSPS) is 15.7. The van der Waals surface area contributed by atoms with E-state index in [0.29, 0.717) is 50.7 Å². The van der Waals surface area contributed by atoms with Gasteiger partial charge >= 0.3 is 12.7 Å². The average Bonchev–Trinajstić information content (AvgIpc) is 2.61. The first kappa shape index (κ1) is 21.7. The Balaban J connectivity index is 1.83. The third-order valence-electron chi connectivity index (χ3n) is 4.10. The molecule has 1 aliphatic rings. The van der Waals surface area contributed by atoms with Crippen LogP contribution in [0.3, 0.4) is 0 Å². The van der Waals surface area contributed by atoms with E-state index in [1.165, 1.54) is 6.07 Å². The van der Waals surface area contributed by atoms with E-state index in [0.717, 1.165) is 0 Å². The minimum atomic E-state index is -2.86. The molecular weight excluding hydrogens is 370 g/mol. The van der Waals surface area contributed by atoms with Crippen LogP contribution in [0.4, 0.5) is 13.6 Å². The predicted molar refractivity (Wildman–Crippen MR) is 103 cm³/mol. The lowest BCUT2D eigenvalue weighted by molar-refractivity contribution is -0.0504. The summed E-state index contributed by atoms with van der Waals surface area (Å²) in [6, 6.07) is 6.63. The first-order valence-electron chi connectivity index (χ1n) is 9.21. The quantitative estimate of drug-likeness (QED) is 0.609. The number of alkyl halides is 2. The molecule has 28 heavy (non-hydrogen) atoms. The van der Waals surface area contributed by atoms with E-state index in [1.807, 2.05) is 25.7 Å². The number of hydrogen-bond acceptors (Lipinski definition) is 4. The summed E-state index contributed by atoms with van der Waals surface area (Å²) in [6.45, 7) is 5.08. The number of aliphatic imine (C=N–C) groups is 1. The number of piperazine rings is 1. The van der Waals surface area contributed by atoms with E-state index in [-0.39, 0.29) is 11.8 Å². The molecule has 0 bridgehead atoms. The molecule has 7 nitrogen and oxygen atoms in total. The highest BCUT2D eigenvalue weighted by atomic mass is 19.3. The minimum Gasteiger partial charge on any atom is -0.444 e. The molecule has 0 aromatic heterocycles. The van der Waals surface area contributed by atoms with Gasteiger partial charge in [0.1, 0.15) is 11.4 Å². The summed E-state index contributed by atoms with van der Waals surface area (Å²) in [6.07, 6.45) is 0.0971. The fraction of sp³-hybridized carbons (Fsp3) is 0.579. The molecule has 1 saturated heterocycles. The van der Waals surface area contributed by atoms with Gasteiger partial charge in [0, 0.05) is 32.7 Å². The summed E-state index contributed by atoms with van der Waals surface area (Å²) in [5, 5.41) is 0. The molecule has 0 spiro atoms. The molecule has 1 amide bonds. The van der Waals surface area contributed by atoms with Crippen molar-refractivity contribution in [2.75, 3.05) is 32.7 Å². The summed E-state index contributed by atoms with van der Waals surface area (Å²) in [7, 11) is 0. The standard InChI is InChI=1S/C19H28F2N4O3/c1-19(2,3)28-18(26)25-12-10-24(11-13-25)17(22)23-9-8-14-6-4-5-7-15(14)27-16(20)21/h4-7,16H,8-13H2,1-3H3,(H2,22,23). The van der Waals surface area contributed by atoms with Gasteiger partial charge in [-0.1, -0.05) is 18.2 Å². The number of ether oxygens (including phenoxy) is 2. The first-order chi connectivity index (χ1) is 13.2. The Labute approximate surface area is 164 Å². The summed E-state index contributed by atoms with van der Waals surface area (Å²) in [4.78, 5) is 20.0. The topological polar surface area (TPSA) is 80.4 Å². The Morgan fingerprint density at radius 3 is 2.39 bits per heavy atom. The fourth-order valence-electron chi connectivity index (χ4n) is 2.76. The highest BCUT2D eigenvalue weighted by Gasteiger charge is 2.26. The zero-order valence-corrected chi connectivity index (χ0v) is 16.5. The summed E-state index contributed by atoms with van der Waals surface area (Å²) >= 11 is 0. The number of para-hydroxylation sites is 1. The van der Waals surface area contributed by atoms with Crippen LogP contribution in [0.25, 0.3) is 0 Å². The van der Waals surface area contributed by atoms with Gasteiger partial charge in [0.05, 0.1) is 0 Å². The number of carbonyl (C=O) groups excluding carboxylic acids is 1. The maximum Gasteiger partial charge on any atom is 0.410 e. The molecule has 1 aliphatic heterocycles. The minimum absolute atomic E-state index is 0.150. The van der Waals surface area contributed by atoms with E-state index in [4.69, 9.17) is 10.5 Å². The van der Waals surface area contributed by atoms with Gasteiger partial charge in [-0.3, -0.25) is 4.99 Å². The van der Waals surface area contributed by atoms with Gasteiger partial charge in [0.2, 0.25) is 0 Å². The Morgan fingerprint density at radius 1 is 1.18 bits per heavy atom. The van der Waals surface area contributed by atoms with Crippen LogP contribution in [0, 0.1) is 0 Å². The maximum absolute atomic E-state index is 12.5. The molecule has 9 heteroatoms. The Kier molecular flexibility index (Phi) is 7.42. The first-order valence-corrected chi connectivity index (χ1v) is 9.21. The van der Waals surface area contributed by atoms with Gasteiger partial charge in [-0.25, -0.2) is 4.79 Å². The molecule has 0 saturated carbocycles. The van der Waals surface area contributed by atoms with E-state index in [1.54, 1.807) is 23.1 Å². The van der Waals surface area contributed by atoms with Gasteiger partial charge in [-0.2, -0.15) is 8.78 Å². The molecule has 1 aromatic rings. The summed E-state index contributed by atoms with van der Waals surface area (Å²) < 4.78 is 34.8. The monoisotopic (exact) mass is 398 g/mol. The third-order valence-corrected chi connectivity index (χ3v) is 4.10. The molecule has 0 radical (unpaired) electrons. The van der Waals surface area contributed by atoms with Crippen LogP contribution < -0.4 is 10.5 Å². The van der Waals surface area contributed by atoms with Crippen molar-refractivity contribution in [1.29, 1.82) is 0 Å². The van der Waals surface area contributed by atoms with Crippen molar-refractivity contribution < 1.29 is 23.0 Å². The molecule has 0 unspecified atom stereocenters. The smallest absolute Gasteiger partial charge is 0.410 e. The number of hydrogen-bond donors (Lipinski definition) is 1. The highest BCUT2D eigenvalue weighted by Crippen LogP contribution is 2.20. The number of amides is 1. The molecule has 0 atom stereocenters. The number of benzene rings is 1. The highest BCUT2D eigenvalue weighted by molar-refractivity contribution is 5.78. The van der Waals surface area contributed by atoms with Crippen LogP contribution >= 0.6 is 0 Å². The van der Waals surface area contributed by atoms with Crippen molar-refractivity contribution in [1.82, 2.24) is 9.80 Å². The van der Waals surface area contributed by atoms with Gasteiger partial charge in [-0.15, -0.1) is 0 Å². The van der Waals surface area contributed by atoms with Crippen LogP contribution in [0.5, 0.6) is 5.75 Å². The van der Waals surface area contributed by atoms with Crippen molar-refractivity contribution in [3.63, 3.8) is 0 Å². The number of rotatable bonds is 5. The van der Waals surface area contributed by atoms with Crippen molar-refractivity contribution in [3.8, 4) is 5.75 Å². The lowest BCUT2D eigenvalue weighted by Crippen LogP contribution is -2.53. The van der Waals surface area contributed by atoms with Crippen LogP contribution in [0.15, 0.2) is 29.3 Å². The lowest BCUT2D eigenvalue weighted by Gasteiger charge is -2.36. The van der Waals surface area contributed by atoms with Crippen molar-refractivity contribution in [3.05, 3.63) is 29.8 Å². The Morgan fingerprint density at radius 2 is 1.79 bits per heavy atom.